The number of alkyl halides is 26. The Morgan fingerprint density at radius 1 is 0.368 bits per heavy atom. The second-order valence-electron chi connectivity index (χ2n) is 19.1. The van der Waals surface area contributed by atoms with Gasteiger partial charge in [-0.2, -0.15) is 114 Å². The van der Waals surface area contributed by atoms with E-state index in [1.807, 2.05) is 0 Å². The first-order chi connectivity index (χ1) is 34.0. The largest absolute Gasteiger partial charge is 0.472 e. The molecule has 0 aromatic heterocycles. The molecule has 0 aromatic rings. The number of hydrogen-bond acceptors (Lipinski definition) is 5. The van der Waals surface area contributed by atoms with Gasteiger partial charge in [-0.05, 0) is 25.7 Å². The van der Waals surface area contributed by atoms with Crippen molar-refractivity contribution < 1.29 is 147 Å². The molecule has 0 aliphatic heterocycles. The van der Waals surface area contributed by atoms with E-state index in [9.17, 15) is 124 Å². The number of phosphoric acid groups is 1. The summed E-state index contributed by atoms with van der Waals surface area (Å²) in [6, 6.07) is 0. The van der Waals surface area contributed by atoms with Gasteiger partial charge in [0.1, 0.15) is 19.3 Å². The van der Waals surface area contributed by atoms with E-state index in [4.69, 9.17) is 18.5 Å². The third-order valence-electron chi connectivity index (χ3n) is 11.5. The van der Waals surface area contributed by atoms with Crippen LogP contribution in [-0.4, -0.2) is 148 Å². The van der Waals surface area contributed by atoms with Crippen molar-refractivity contribution in [2.75, 3.05) is 60.7 Å². The molecule has 0 aromatic carbocycles. The molecular formula is C42H63F26NO6P+. The van der Waals surface area contributed by atoms with Crippen molar-refractivity contribution in [2.24, 2.45) is 0 Å². The van der Waals surface area contributed by atoms with Gasteiger partial charge >= 0.3 is 79.4 Å². The predicted octanol–water partition coefficient (Wildman–Crippen LogP) is 16.5. The van der Waals surface area contributed by atoms with E-state index in [0.29, 0.717) is 75.2 Å². The SMILES string of the molecule is C[N+](C)(C)CCOP(=O)(O)OC(COCCCCCCCCCCCC(F)(F)C(F)(F)C(F)(F)C(F)(F)C(F)(F)C(F)(F)F)COCCCCCCCCCCCC(F)(F)C(F)(F)C(F)(F)C(F)(F)C(F)(F)C(F)(F)F. The Bertz CT molecular complexity index is 1610. The maximum atomic E-state index is 14.0. The zero-order valence-electron chi connectivity index (χ0n) is 41.2. The predicted molar refractivity (Wildman–Crippen MR) is 219 cm³/mol. The minimum Gasteiger partial charge on any atom is -0.379 e. The Morgan fingerprint density at radius 3 is 0.882 bits per heavy atom. The van der Waals surface area contributed by atoms with Gasteiger partial charge in [-0.3, -0.25) is 9.05 Å². The number of ether oxygens (including phenoxy) is 2. The number of unbranched alkanes of at least 4 members (excludes halogenated alkanes) is 16. The minimum atomic E-state index is -7.94. The van der Waals surface area contributed by atoms with Crippen LogP contribution < -0.4 is 0 Å². The van der Waals surface area contributed by atoms with Crippen molar-refractivity contribution in [3.8, 4) is 0 Å². The highest BCUT2D eigenvalue weighted by molar-refractivity contribution is 7.47. The molecule has 0 rings (SSSR count). The first-order valence-corrected chi connectivity index (χ1v) is 25.0. The maximum Gasteiger partial charge on any atom is 0.472 e. The normalized spacial score (nSPS) is 15.8. The second kappa shape index (κ2) is 28.7. The zero-order valence-corrected chi connectivity index (χ0v) is 42.1. The van der Waals surface area contributed by atoms with Crippen LogP contribution in [0.1, 0.15) is 128 Å². The molecule has 0 saturated heterocycles. The molecule has 34 heteroatoms. The highest BCUT2D eigenvalue weighted by Gasteiger charge is 2.92. The fourth-order valence-electron chi connectivity index (χ4n) is 6.68. The molecule has 0 fully saturated rings. The van der Waals surface area contributed by atoms with Gasteiger partial charge in [-0.15, -0.1) is 0 Å². The van der Waals surface area contributed by atoms with Crippen LogP contribution >= 0.6 is 7.82 Å². The average Bonchev–Trinajstić information content (AvgIpc) is 3.24. The number of hydrogen-bond donors (Lipinski definition) is 1. The first-order valence-electron chi connectivity index (χ1n) is 23.5. The van der Waals surface area contributed by atoms with Crippen LogP contribution in [0, 0.1) is 0 Å². The third kappa shape index (κ3) is 20.0. The van der Waals surface area contributed by atoms with Crippen LogP contribution in [0.3, 0.4) is 0 Å². The van der Waals surface area contributed by atoms with Gasteiger partial charge in [0.25, 0.3) is 0 Å². The molecular weight excluding hydrogens is 1140 g/mol. The lowest BCUT2D eigenvalue weighted by atomic mass is 9.91. The molecule has 1 unspecified atom stereocenters. The highest BCUT2D eigenvalue weighted by atomic mass is 31.2. The summed E-state index contributed by atoms with van der Waals surface area (Å²) in [7, 11) is 0.736. The third-order valence-corrected chi connectivity index (χ3v) is 12.5. The molecule has 76 heavy (non-hydrogen) atoms. The van der Waals surface area contributed by atoms with Gasteiger partial charge in [0.2, 0.25) is 0 Å². The summed E-state index contributed by atoms with van der Waals surface area (Å²) < 4.78 is 379. The average molecular weight is 1200 g/mol. The van der Waals surface area contributed by atoms with Crippen molar-refractivity contribution in [2.45, 2.75) is 206 Å². The summed E-state index contributed by atoms with van der Waals surface area (Å²) in [4.78, 5) is 10.3. The lowest BCUT2D eigenvalue weighted by Gasteiger charge is -2.39. The number of quaternary nitrogens is 1. The van der Waals surface area contributed by atoms with Crippen molar-refractivity contribution in [3.63, 3.8) is 0 Å². The van der Waals surface area contributed by atoms with E-state index in [2.05, 4.69) is 0 Å². The van der Waals surface area contributed by atoms with Gasteiger partial charge in [-0.25, -0.2) is 4.57 Å². The Balaban J connectivity index is 4.74. The van der Waals surface area contributed by atoms with E-state index < -0.39 is 111 Å². The van der Waals surface area contributed by atoms with Crippen LogP contribution in [0.5, 0.6) is 0 Å². The highest BCUT2D eigenvalue weighted by Crippen LogP contribution is 2.62. The summed E-state index contributed by atoms with van der Waals surface area (Å²) in [6.45, 7) is -0.142. The topological polar surface area (TPSA) is 74.2 Å². The molecule has 0 saturated carbocycles. The lowest BCUT2D eigenvalue weighted by Crippen LogP contribution is -2.70. The van der Waals surface area contributed by atoms with Crippen LogP contribution in [0.25, 0.3) is 0 Å². The molecule has 0 bridgehead atoms. The molecule has 7 nitrogen and oxygen atoms in total. The Hall–Kier alpha value is -1.83. The van der Waals surface area contributed by atoms with E-state index >= 15 is 0 Å². The van der Waals surface area contributed by atoms with E-state index in [1.54, 1.807) is 21.1 Å². The molecule has 0 heterocycles. The molecule has 0 aliphatic rings. The molecule has 0 aliphatic carbocycles. The summed E-state index contributed by atoms with van der Waals surface area (Å²) >= 11 is 0. The maximum absolute atomic E-state index is 14.0. The van der Waals surface area contributed by atoms with Crippen molar-refractivity contribution in [1.29, 1.82) is 0 Å². The Kier molecular flexibility index (Phi) is 28.0. The van der Waals surface area contributed by atoms with E-state index in [0.717, 1.165) is 0 Å². The van der Waals surface area contributed by atoms with Gasteiger partial charge in [-0.1, -0.05) is 89.9 Å². The monoisotopic (exact) mass is 1200 g/mol. The van der Waals surface area contributed by atoms with Gasteiger partial charge in [0.05, 0.1) is 34.4 Å². The summed E-state index contributed by atoms with van der Waals surface area (Å²) in [6.07, 6.45) is -17.6. The molecule has 458 valence electrons. The van der Waals surface area contributed by atoms with Crippen LogP contribution in [0.2, 0.25) is 0 Å². The van der Waals surface area contributed by atoms with Crippen molar-refractivity contribution >= 4 is 7.82 Å². The number of phosphoric ester groups is 1. The van der Waals surface area contributed by atoms with Gasteiger partial charge in [0.15, 0.2) is 0 Å². The number of rotatable bonds is 42. The Morgan fingerprint density at radius 2 is 0.618 bits per heavy atom. The fourth-order valence-corrected chi connectivity index (χ4v) is 7.55. The minimum absolute atomic E-state index is 0.0377. The molecule has 1 N–H and O–H groups in total. The molecule has 0 spiro atoms. The van der Waals surface area contributed by atoms with Crippen molar-refractivity contribution in [1.82, 2.24) is 0 Å². The van der Waals surface area contributed by atoms with Gasteiger partial charge < -0.3 is 18.9 Å². The summed E-state index contributed by atoms with van der Waals surface area (Å²) in [5.74, 6) is -73.9. The number of nitrogens with zero attached hydrogens (tertiary/aromatic N) is 1. The molecule has 1 atom stereocenters. The molecule has 0 radical (unpaired) electrons. The standard InChI is InChI=1S/C42H62F26NO6P/c1-69(2,3)24-27-74-76(70,71)75-30(28-72-25-20-16-12-8-4-6-10-14-18-22-31(43,44)33(47,48)35(51,52)37(55,56)39(59,60)41(63,64)65)29-73-26-21-17-13-9-5-7-11-15-19-23-32(45,46)34(49,50)36(53,54)38(57,58)40(61,62)42(66,67)68/h30H,4-29H2,1-3H3/p+1. The van der Waals surface area contributed by atoms with Gasteiger partial charge in [0, 0.05) is 26.1 Å². The smallest absolute Gasteiger partial charge is 0.379 e. The molecule has 0 amide bonds. The Labute approximate surface area is 421 Å². The first kappa shape index (κ1) is 74.2. The lowest BCUT2D eigenvalue weighted by molar-refractivity contribution is -0.870. The number of halogens is 26. The fraction of sp³-hybridized carbons (Fsp3) is 1.00. The zero-order chi connectivity index (χ0) is 59.8. The summed E-state index contributed by atoms with van der Waals surface area (Å²) in [5, 5.41) is 0. The second-order valence-corrected chi connectivity index (χ2v) is 20.5. The number of likely N-dealkylation sites (N-methyl/N-ethyl adjacent to an activating group) is 1. The van der Waals surface area contributed by atoms with E-state index in [-0.39, 0.29) is 71.6 Å². The quantitative estimate of drug-likeness (QED) is 0.0284. The van der Waals surface area contributed by atoms with Crippen molar-refractivity contribution in [3.05, 3.63) is 0 Å². The van der Waals surface area contributed by atoms with E-state index in [1.165, 1.54) is 0 Å². The van der Waals surface area contributed by atoms with Crippen LogP contribution in [-0.2, 0) is 23.1 Å². The van der Waals surface area contributed by atoms with Crippen LogP contribution in [0.4, 0.5) is 114 Å². The van der Waals surface area contributed by atoms with Crippen LogP contribution in [0.15, 0.2) is 0 Å². The summed E-state index contributed by atoms with van der Waals surface area (Å²) in [5.41, 5.74) is 0.